The number of amides is 2. The summed E-state index contributed by atoms with van der Waals surface area (Å²) >= 11 is 7.58. The fourth-order valence-corrected chi connectivity index (χ4v) is 5.99. The molecule has 0 aliphatic heterocycles. The Bertz CT molecular complexity index is 1180. The van der Waals surface area contributed by atoms with E-state index in [2.05, 4.69) is 15.6 Å². The molecule has 2 amide bonds. The monoisotopic (exact) mass is 574 g/mol. The van der Waals surface area contributed by atoms with Gasteiger partial charge in [0.15, 0.2) is 0 Å². The molecular weight excluding hydrogens is 536 g/mol. The Morgan fingerprint density at radius 2 is 1.90 bits per heavy atom. The summed E-state index contributed by atoms with van der Waals surface area (Å²) in [4.78, 5) is 46.5. The second kappa shape index (κ2) is 12.7. The average molecular weight is 575 g/mol. The Labute approximate surface area is 239 Å². The molecule has 39 heavy (non-hydrogen) atoms. The standard InChI is InChI=1S/C29H39ClN4O4S/c1-18-24(14-20(30)15-31-18)34(17-26(35)38-29(2,3)4)16-22-11-12-25(39-22)28(37)33-23(13-19-7-5-6-8-19)27(36)32-21-9-10-21/h11-12,14-15,19,21,23H,5-10,13,16-17H2,1-4H3,(H,32,36)(H,33,37)/t23-/m0/s1. The van der Waals surface area contributed by atoms with E-state index >= 15 is 0 Å². The number of aromatic nitrogens is 1. The van der Waals surface area contributed by atoms with Gasteiger partial charge < -0.3 is 20.3 Å². The Hall–Kier alpha value is -2.65. The smallest absolute Gasteiger partial charge is 0.326 e. The lowest BCUT2D eigenvalue weighted by atomic mass is 9.97. The van der Waals surface area contributed by atoms with Crippen molar-refractivity contribution >= 4 is 46.4 Å². The minimum absolute atomic E-state index is 0.00433. The van der Waals surface area contributed by atoms with Crippen molar-refractivity contribution < 1.29 is 19.1 Å². The zero-order valence-corrected chi connectivity index (χ0v) is 24.8. The number of nitrogens with zero attached hydrogens (tertiary/aromatic N) is 2. The summed E-state index contributed by atoms with van der Waals surface area (Å²) in [5.41, 5.74) is 0.842. The summed E-state index contributed by atoms with van der Waals surface area (Å²) in [7, 11) is 0. The number of halogens is 1. The number of nitrogens with one attached hydrogen (secondary N) is 2. The molecule has 2 aliphatic rings. The maximum Gasteiger partial charge on any atom is 0.326 e. The van der Waals surface area contributed by atoms with Gasteiger partial charge in [-0.2, -0.15) is 0 Å². The molecular formula is C29H39ClN4O4S. The van der Waals surface area contributed by atoms with Crippen LogP contribution in [0.5, 0.6) is 0 Å². The minimum atomic E-state index is -0.612. The third-order valence-corrected chi connectivity index (χ3v) is 8.20. The highest BCUT2D eigenvalue weighted by atomic mass is 35.5. The maximum absolute atomic E-state index is 13.2. The van der Waals surface area contributed by atoms with Gasteiger partial charge in [-0.05, 0) is 71.1 Å². The van der Waals surface area contributed by atoms with E-state index in [9.17, 15) is 14.4 Å². The molecule has 2 N–H and O–H groups in total. The van der Waals surface area contributed by atoms with Gasteiger partial charge >= 0.3 is 5.97 Å². The quantitative estimate of drug-likeness (QED) is 0.348. The number of thiophene rings is 1. The highest BCUT2D eigenvalue weighted by Gasteiger charge is 2.31. The van der Waals surface area contributed by atoms with Gasteiger partial charge in [-0.15, -0.1) is 11.3 Å². The van der Waals surface area contributed by atoms with Crippen LogP contribution in [-0.2, 0) is 20.9 Å². The van der Waals surface area contributed by atoms with Crippen molar-refractivity contribution in [3.63, 3.8) is 0 Å². The molecule has 2 aliphatic carbocycles. The molecule has 4 rings (SSSR count). The van der Waals surface area contributed by atoms with Gasteiger partial charge in [0, 0.05) is 17.1 Å². The van der Waals surface area contributed by atoms with Crippen LogP contribution >= 0.6 is 22.9 Å². The van der Waals surface area contributed by atoms with E-state index in [4.69, 9.17) is 16.3 Å². The molecule has 2 aromatic heterocycles. The van der Waals surface area contributed by atoms with Crippen molar-refractivity contribution in [2.45, 2.75) is 96.9 Å². The summed E-state index contributed by atoms with van der Waals surface area (Å²) in [6.45, 7) is 7.72. The van der Waals surface area contributed by atoms with Gasteiger partial charge in [-0.25, -0.2) is 0 Å². The fourth-order valence-electron chi connectivity index (χ4n) is 4.92. The van der Waals surface area contributed by atoms with Gasteiger partial charge in [0.25, 0.3) is 5.91 Å². The Morgan fingerprint density at radius 3 is 2.56 bits per heavy atom. The zero-order valence-electron chi connectivity index (χ0n) is 23.2. The molecule has 0 radical (unpaired) electrons. The number of ether oxygens (including phenoxy) is 1. The number of carbonyl (C=O) groups excluding carboxylic acids is 3. The zero-order chi connectivity index (χ0) is 28.2. The van der Waals surface area contributed by atoms with Crippen LogP contribution in [0.25, 0.3) is 0 Å². The molecule has 2 fully saturated rings. The molecule has 10 heteroatoms. The highest BCUT2D eigenvalue weighted by Crippen LogP contribution is 2.30. The van der Waals surface area contributed by atoms with Crippen LogP contribution in [0, 0.1) is 12.8 Å². The highest BCUT2D eigenvalue weighted by molar-refractivity contribution is 7.14. The summed E-state index contributed by atoms with van der Waals surface area (Å²) in [5.74, 6) is -0.232. The molecule has 0 aromatic carbocycles. The second-order valence-corrected chi connectivity index (χ2v) is 13.3. The lowest BCUT2D eigenvalue weighted by molar-refractivity contribution is -0.153. The number of pyridine rings is 1. The average Bonchev–Trinajstić information content (AvgIpc) is 3.30. The van der Waals surface area contributed by atoms with Crippen LogP contribution in [0.3, 0.4) is 0 Å². The SMILES string of the molecule is Cc1ncc(Cl)cc1N(CC(=O)OC(C)(C)C)Cc1ccc(C(=O)N[C@@H](CC2CCCC2)C(=O)NC2CC2)s1. The molecule has 2 saturated carbocycles. The Morgan fingerprint density at radius 1 is 1.18 bits per heavy atom. The van der Waals surface area contributed by atoms with Gasteiger partial charge in [-0.1, -0.05) is 37.3 Å². The predicted octanol–water partition coefficient (Wildman–Crippen LogP) is 5.41. The first-order valence-electron chi connectivity index (χ1n) is 13.8. The van der Waals surface area contributed by atoms with Gasteiger partial charge in [0.2, 0.25) is 5.91 Å². The van der Waals surface area contributed by atoms with E-state index in [0.29, 0.717) is 28.8 Å². The first-order valence-corrected chi connectivity index (χ1v) is 14.9. The number of carbonyl (C=O) groups is 3. The van der Waals surface area contributed by atoms with Gasteiger partial charge in [0.05, 0.1) is 27.8 Å². The van der Waals surface area contributed by atoms with Crippen LogP contribution in [-0.4, -0.2) is 47.0 Å². The number of esters is 1. The number of anilines is 1. The summed E-state index contributed by atoms with van der Waals surface area (Å²) in [6, 6.07) is 5.15. The summed E-state index contributed by atoms with van der Waals surface area (Å²) < 4.78 is 5.56. The van der Waals surface area contributed by atoms with Crippen LogP contribution < -0.4 is 15.5 Å². The van der Waals surface area contributed by atoms with Crippen molar-refractivity contribution in [3.8, 4) is 0 Å². The number of rotatable bonds is 11. The largest absolute Gasteiger partial charge is 0.459 e. The van der Waals surface area contributed by atoms with E-state index in [1.165, 1.54) is 24.2 Å². The molecule has 0 unspecified atom stereocenters. The van der Waals surface area contributed by atoms with Crippen molar-refractivity contribution in [1.82, 2.24) is 15.6 Å². The molecule has 2 heterocycles. The minimum Gasteiger partial charge on any atom is -0.459 e. The third kappa shape index (κ3) is 8.93. The second-order valence-electron chi connectivity index (χ2n) is 11.7. The lowest BCUT2D eigenvalue weighted by Gasteiger charge is -2.27. The summed E-state index contributed by atoms with van der Waals surface area (Å²) in [6.07, 6.45) is 8.84. The van der Waals surface area contributed by atoms with E-state index in [0.717, 1.165) is 41.9 Å². The van der Waals surface area contributed by atoms with Crippen molar-refractivity contribution in [3.05, 3.63) is 44.9 Å². The van der Waals surface area contributed by atoms with E-state index in [1.807, 2.05) is 38.7 Å². The van der Waals surface area contributed by atoms with Crippen molar-refractivity contribution in [2.75, 3.05) is 11.4 Å². The topological polar surface area (TPSA) is 101 Å². The Kier molecular flexibility index (Phi) is 9.54. The molecule has 2 aromatic rings. The molecule has 0 bridgehead atoms. The molecule has 8 nitrogen and oxygen atoms in total. The third-order valence-electron chi connectivity index (χ3n) is 6.93. The van der Waals surface area contributed by atoms with Crippen molar-refractivity contribution in [2.24, 2.45) is 5.92 Å². The molecule has 212 valence electrons. The number of aryl methyl sites for hydroxylation is 1. The lowest BCUT2D eigenvalue weighted by Crippen LogP contribution is -2.48. The normalized spacial score (nSPS) is 16.5. The summed E-state index contributed by atoms with van der Waals surface area (Å²) in [5, 5.41) is 6.54. The van der Waals surface area contributed by atoms with Gasteiger partial charge in [0.1, 0.15) is 18.2 Å². The van der Waals surface area contributed by atoms with Crippen LogP contribution in [0.2, 0.25) is 5.02 Å². The predicted molar refractivity (Wildman–Crippen MR) is 154 cm³/mol. The fraction of sp³-hybridized carbons (Fsp3) is 0.586. The van der Waals surface area contributed by atoms with Crippen molar-refractivity contribution in [1.29, 1.82) is 0 Å². The Balaban J connectivity index is 1.47. The molecule has 0 spiro atoms. The molecule has 1 atom stereocenters. The first-order chi connectivity index (χ1) is 18.5. The number of hydrogen-bond acceptors (Lipinski definition) is 7. The van der Waals surface area contributed by atoms with Crippen LogP contribution in [0.15, 0.2) is 24.4 Å². The van der Waals surface area contributed by atoms with E-state index < -0.39 is 11.6 Å². The van der Waals surface area contributed by atoms with Crippen LogP contribution in [0.4, 0.5) is 5.69 Å². The van der Waals surface area contributed by atoms with E-state index in [-0.39, 0.29) is 30.4 Å². The number of hydrogen-bond donors (Lipinski definition) is 2. The first kappa shape index (κ1) is 29.3. The van der Waals surface area contributed by atoms with Gasteiger partial charge in [-0.3, -0.25) is 19.4 Å². The van der Waals surface area contributed by atoms with Crippen LogP contribution in [0.1, 0.15) is 86.0 Å². The molecule has 0 saturated heterocycles. The maximum atomic E-state index is 13.2. The van der Waals surface area contributed by atoms with E-state index in [1.54, 1.807) is 18.3 Å².